The van der Waals surface area contributed by atoms with Crippen LogP contribution in [-0.2, 0) is 19.1 Å². The largest absolute Gasteiger partial charge is 0.423 e. The molecular formula is C33H38O7. The van der Waals surface area contributed by atoms with Crippen molar-refractivity contribution in [1.29, 1.82) is 0 Å². The van der Waals surface area contributed by atoms with E-state index >= 15 is 0 Å². The zero-order valence-corrected chi connectivity index (χ0v) is 23.6. The number of esters is 3. The summed E-state index contributed by atoms with van der Waals surface area (Å²) < 4.78 is 21.4. The van der Waals surface area contributed by atoms with Gasteiger partial charge in [0.15, 0.2) is 11.5 Å². The van der Waals surface area contributed by atoms with E-state index in [-0.39, 0.29) is 23.7 Å². The van der Waals surface area contributed by atoms with Gasteiger partial charge in [-0.25, -0.2) is 14.4 Å². The van der Waals surface area contributed by atoms with Crippen molar-refractivity contribution in [2.45, 2.75) is 52.4 Å². The summed E-state index contributed by atoms with van der Waals surface area (Å²) in [4.78, 5) is 37.1. The molecule has 0 saturated heterocycles. The van der Waals surface area contributed by atoms with E-state index in [4.69, 9.17) is 18.9 Å². The van der Waals surface area contributed by atoms with E-state index in [1.807, 2.05) is 6.08 Å². The number of ether oxygens (including phenoxy) is 4. The third kappa shape index (κ3) is 9.06. The molecule has 7 nitrogen and oxygen atoms in total. The lowest BCUT2D eigenvalue weighted by atomic mass is 9.80. The molecule has 212 valence electrons. The molecule has 0 unspecified atom stereocenters. The molecule has 0 radical (unpaired) electrons. The van der Waals surface area contributed by atoms with Gasteiger partial charge in [0.05, 0.1) is 12.2 Å². The molecule has 1 fully saturated rings. The van der Waals surface area contributed by atoms with Gasteiger partial charge in [-0.05, 0) is 79.8 Å². The van der Waals surface area contributed by atoms with Crippen molar-refractivity contribution in [1.82, 2.24) is 0 Å². The number of hydrogen-bond acceptors (Lipinski definition) is 7. The lowest BCUT2D eigenvalue weighted by Gasteiger charge is -2.26. The second kappa shape index (κ2) is 15.0. The topological polar surface area (TPSA) is 88.1 Å². The fourth-order valence-corrected chi connectivity index (χ4v) is 4.60. The Hall–Kier alpha value is -3.97. The molecule has 2 aromatic carbocycles. The van der Waals surface area contributed by atoms with Gasteiger partial charge in [0.2, 0.25) is 0 Å². The van der Waals surface area contributed by atoms with Gasteiger partial charge in [-0.2, -0.15) is 0 Å². The van der Waals surface area contributed by atoms with Crippen molar-refractivity contribution in [3.8, 4) is 28.4 Å². The SMILES string of the molecule is C=C(C)C(=O)Oc1ccc(-c2ccc(OC(=O)C(=C)COC)c(OC(=O)/C=C/C3CCC(CCC)CC3)c2)cc1. The van der Waals surface area contributed by atoms with Gasteiger partial charge in [0, 0.05) is 18.8 Å². The molecule has 0 bridgehead atoms. The number of benzene rings is 2. The van der Waals surface area contributed by atoms with Crippen molar-refractivity contribution in [3.05, 3.63) is 78.9 Å². The van der Waals surface area contributed by atoms with Crippen molar-refractivity contribution in [3.63, 3.8) is 0 Å². The van der Waals surface area contributed by atoms with Crippen LogP contribution in [0.1, 0.15) is 52.4 Å². The Bertz CT molecular complexity index is 1250. The van der Waals surface area contributed by atoms with Gasteiger partial charge in [-0.1, -0.05) is 57.2 Å². The summed E-state index contributed by atoms with van der Waals surface area (Å²) in [6.45, 7) is 11.1. The van der Waals surface area contributed by atoms with Crippen molar-refractivity contribution < 1.29 is 33.3 Å². The fraction of sp³-hybridized carbons (Fsp3) is 0.364. The van der Waals surface area contributed by atoms with Crippen LogP contribution in [0.5, 0.6) is 17.2 Å². The second-order valence-corrected chi connectivity index (χ2v) is 10.1. The lowest BCUT2D eigenvalue weighted by molar-refractivity contribution is -0.132. The Labute approximate surface area is 236 Å². The Balaban J connectivity index is 1.78. The van der Waals surface area contributed by atoms with Crippen molar-refractivity contribution >= 4 is 17.9 Å². The lowest BCUT2D eigenvalue weighted by Crippen LogP contribution is -2.15. The first-order chi connectivity index (χ1) is 19.2. The monoisotopic (exact) mass is 546 g/mol. The number of allylic oxidation sites excluding steroid dienone is 1. The minimum Gasteiger partial charge on any atom is -0.423 e. The van der Waals surface area contributed by atoms with E-state index in [1.54, 1.807) is 49.4 Å². The van der Waals surface area contributed by atoms with Crippen LogP contribution in [-0.4, -0.2) is 31.6 Å². The van der Waals surface area contributed by atoms with E-state index in [2.05, 4.69) is 20.1 Å². The van der Waals surface area contributed by atoms with Crippen LogP contribution in [0.25, 0.3) is 11.1 Å². The Morgan fingerprint density at radius 3 is 2.17 bits per heavy atom. The average Bonchev–Trinajstić information content (AvgIpc) is 2.94. The predicted octanol–water partition coefficient (Wildman–Crippen LogP) is 7.01. The van der Waals surface area contributed by atoms with Crippen LogP contribution in [0.4, 0.5) is 0 Å². The molecule has 0 amide bonds. The summed E-state index contributed by atoms with van der Waals surface area (Å²) in [7, 11) is 1.45. The van der Waals surface area contributed by atoms with E-state index in [0.717, 1.165) is 24.3 Å². The Morgan fingerprint density at radius 1 is 0.875 bits per heavy atom. The minimum absolute atomic E-state index is 0.0115. The van der Waals surface area contributed by atoms with E-state index in [1.165, 1.54) is 38.9 Å². The smallest absolute Gasteiger partial charge is 0.341 e. The van der Waals surface area contributed by atoms with E-state index < -0.39 is 17.9 Å². The molecular weight excluding hydrogens is 508 g/mol. The fourth-order valence-electron chi connectivity index (χ4n) is 4.60. The van der Waals surface area contributed by atoms with E-state index in [9.17, 15) is 14.4 Å². The van der Waals surface area contributed by atoms with Crippen LogP contribution < -0.4 is 14.2 Å². The molecule has 0 heterocycles. The molecule has 3 rings (SSSR count). The van der Waals surface area contributed by atoms with E-state index in [0.29, 0.717) is 22.8 Å². The molecule has 0 atom stereocenters. The third-order valence-corrected chi connectivity index (χ3v) is 6.80. The Kier molecular flexibility index (Phi) is 11.5. The number of carbonyl (C=O) groups excluding carboxylic acids is 3. The summed E-state index contributed by atoms with van der Waals surface area (Å²) >= 11 is 0. The standard InChI is InChI=1S/C33H38O7/c1-6-7-24-8-10-25(11-9-24)12-19-31(34)39-30-20-27(15-18-29(30)40-33(36)23(4)21-37-5)26-13-16-28(17-14-26)38-32(35)22(2)3/h12-20,24-25H,2,4,6-11,21H2,1,3,5H3/b19-12+. The number of rotatable bonds is 12. The highest BCUT2D eigenvalue weighted by Gasteiger charge is 2.20. The maximum Gasteiger partial charge on any atom is 0.341 e. The summed E-state index contributed by atoms with van der Waals surface area (Å²) in [5.41, 5.74) is 1.90. The molecule has 0 aromatic heterocycles. The first-order valence-corrected chi connectivity index (χ1v) is 13.6. The highest BCUT2D eigenvalue weighted by molar-refractivity contribution is 5.91. The molecule has 0 N–H and O–H groups in total. The van der Waals surface area contributed by atoms with Gasteiger partial charge < -0.3 is 18.9 Å². The number of carbonyl (C=O) groups is 3. The normalized spacial score (nSPS) is 16.8. The van der Waals surface area contributed by atoms with Crippen molar-refractivity contribution in [2.24, 2.45) is 11.8 Å². The maximum atomic E-state index is 12.8. The minimum atomic E-state index is -0.685. The Morgan fingerprint density at radius 2 is 1.55 bits per heavy atom. The van der Waals surface area contributed by atoms with Crippen LogP contribution >= 0.6 is 0 Å². The summed E-state index contributed by atoms with van der Waals surface area (Å²) in [5.74, 6) is -0.0709. The van der Waals surface area contributed by atoms with Crippen molar-refractivity contribution in [2.75, 3.05) is 13.7 Å². The van der Waals surface area contributed by atoms with Gasteiger partial charge in [0.25, 0.3) is 0 Å². The molecule has 1 aliphatic rings. The van der Waals surface area contributed by atoms with Gasteiger partial charge >= 0.3 is 17.9 Å². The molecule has 1 saturated carbocycles. The van der Waals surface area contributed by atoms with Crippen LogP contribution in [0.3, 0.4) is 0 Å². The third-order valence-electron chi connectivity index (χ3n) is 6.80. The highest BCUT2D eigenvalue weighted by atomic mass is 16.6. The summed E-state index contributed by atoms with van der Waals surface area (Å²) in [6, 6.07) is 11.8. The van der Waals surface area contributed by atoms with Crippen LogP contribution in [0.2, 0.25) is 0 Å². The van der Waals surface area contributed by atoms with Crippen LogP contribution in [0.15, 0.2) is 78.9 Å². The van der Waals surface area contributed by atoms with Crippen LogP contribution in [0, 0.1) is 11.8 Å². The number of methoxy groups -OCH3 is 1. The maximum absolute atomic E-state index is 12.8. The molecule has 0 spiro atoms. The summed E-state index contributed by atoms with van der Waals surface area (Å²) in [5, 5.41) is 0. The average molecular weight is 547 g/mol. The molecule has 7 heteroatoms. The first kappa shape index (κ1) is 30.6. The molecule has 1 aliphatic carbocycles. The molecule has 2 aromatic rings. The highest BCUT2D eigenvalue weighted by Crippen LogP contribution is 2.35. The molecule has 40 heavy (non-hydrogen) atoms. The molecule has 0 aliphatic heterocycles. The first-order valence-electron chi connectivity index (χ1n) is 13.6. The quantitative estimate of drug-likeness (QED) is 0.161. The predicted molar refractivity (Wildman–Crippen MR) is 154 cm³/mol. The van der Waals surface area contributed by atoms with Gasteiger partial charge in [0.1, 0.15) is 5.75 Å². The number of hydrogen-bond donors (Lipinski definition) is 0. The summed E-state index contributed by atoms with van der Waals surface area (Å²) in [6.07, 6.45) is 10.3. The van der Waals surface area contributed by atoms with Gasteiger partial charge in [-0.3, -0.25) is 0 Å². The van der Waals surface area contributed by atoms with Gasteiger partial charge in [-0.15, -0.1) is 0 Å². The zero-order chi connectivity index (χ0) is 29.1. The zero-order valence-electron chi connectivity index (χ0n) is 23.6. The second-order valence-electron chi connectivity index (χ2n) is 10.1.